The molecule has 0 radical (unpaired) electrons. The standard InChI is InChI=1S/C25H27N7O3/c1-35-22-15-17(25(16-26)9-13-32(14-10-25)12-8-23(27)33)5-6-20(22)30-24(34)21-4-2-3-18(29-21)19-7-11-28-31-19/h2-7,11,15H,8-10,12-14H2,1H3,(H2,27,33)(H,28,31)(H,30,34). The van der Waals surface area contributed by atoms with Crippen LogP contribution in [-0.4, -0.2) is 58.6 Å². The van der Waals surface area contributed by atoms with E-state index < -0.39 is 5.41 Å². The molecular weight excluding hydrogens is 446 g/mol. The molecule has 10 nitrogen and oxygen atoms in total. The maximum absolute atomic E-state index is 12.9. The first-order valence-electron chi connectivity index (χ1n) is 11.3. The van der Waals surface area contributed by atoms with Crippen molar-refractivity contribution in [2.75, 3.05) is 32.1 Å². The SMILES string of the molecule is COc1cc(C2(C#N)CCN(CCC(N)=O)CC2)ccc1NC(=O)c1cccc(-c2ccn[nH]2)n1. The average molecular weight is 474 g/mol. The number of H-pyrrole nitrogens is 1. The first kappa shape index (κ1) is 23.9. The molecule has 0 bridgehead atoms. The summed E-state index contributed by atoms with van der Waals surface area (Å²) in [5.74, 6) is -0.241. The molecular formula is C25H27N7O3. The van der Waals surface area contributed by atoms with Crippen molar-refractivity contribution in [3.05, 3.63) is 59.9 Å². The number of methoxy groups -OCH3 is 1. The fourth-order valence-electron chi connectivity index (χ4n) is 4.28. The van der Waals surface area contributed by atoms with E-state index in [0.29, 0.717) is 61.7 Å². The van der Waals surface area contributed by atoms with Crippen LogP contribution in [0.1, 0.15) is 35.3 Å². The number of pyridine rings is 1. The molecule has 4 N–H and O–H groups in total. The van der Waals surface area contributed by atoms with E-state index in [1.165, 1.54) is 7.11 Å². The summed E-state index contributed by atoms with van der Waals surface area (Å²) in [7, 11) is 1.53. The van der Waals surface area contributed by atoms with Gasteiger partial charge in [-0.15, -0.1) is 0 Å². The van der Waals surface area contributed by atoms with E-state index in [9.17, 15) is 14.9 Å². The largest absolute Gasteiger partial charge is 0.495 e. The molecule has 4 rings (SSSR count). The molecule has 0 unspecified atom stereocenters. The van der Waals surface area contributed by atoms with Crippen molar-refractivity contribution in [3.8, 4) is 23.2 Å². The summed E-state index contributed by atoms with van der Waals surface area (Å²) in [5, 5.41) is 19.7. The summed E-state index contributed by atoms with van der Waals surface area (Å²) in [6, 6.07) is 14.9. The Morgan fingerprint density at radius 1 is 1.26 bits per heavy atom. The number of piperidine rings is 1. The van der Waals surface area contributed by atoms with Gasteiger partial charge in [0.15, 0.2) is 0 Å². The molecule has 10 heteroatoms. The molecule has 3 heterocycles. The molecule has 1 aliphatic heterocycles. The van der Waals surface area contributed by atoms with Gasteiger partial charge in [0, 0.05) is 19.2 Å². The Bertz CT molecular complexity index is 1240. The first-order chi connectivity index (χ1) is 16.9. The van der Waals surface area contributed by atoms with E-state index >= 15 is 0 Å². The van der Waals surface area contributed by atoms with E-state index in [1.807, 2.05) is 12.1 Å². The van der Waals surface area contributed by atoms with Crippen LogP contribution in [0.25, 0.3) is 11.4 Å². The summed E-state index contributed by atoms with van der Waals surface area (Å²) in [6.45, 7) is 1.99. The van der Waals surface area contributed by atoms with Gasteiger partial charge in [-0.1, -0.05) is 12.1 Å². The Labute approximate surface area is 203 Å². The number of carbonyl (C=O) groups is 2. The zero-order valence-corrected chi connectivity index (χ0v) is 19.5. The van der Waals surface area contributed by atoms with Gasteiger partial charge < -0.3 is 20.7 Å². The number of aromatic amines is 1. The van der Waals surface area contributed by atoms with E-state index in [1.54, 1.807) is 36.5 Å². The molecule has 2 aromatic heterocycles. The molecule has 35 heavy (non-hydrogen) atoms. The Kier molecular flexibility index (Phi) is 7.08. The van der Waals surface area contributed by atoms with Crippen LogP contribution in [0.3, 0.4) is 0 Å². The number of benzene rings is 1. The highest BCUT2D eigenvalue weighted by molar-refractivity contribution is 6.04. The van der Waals surface area contributed by atoms with E-state index in [4.69, 9.17) is 10.5 Å². The molecule has 2 amide bonds. The molecule has 0 saturated carbocycles. The topological polar surface area (TPSA) is 150 Å². The minimum atomic E-state index is -0.668. The Balaban J connectivity index is 1.50. The van der Waals surface area contributed by atoms with Gasteiger partial charge in [-0.3, -0.25) is 14.7 Å². The highest BCUT2D eigenvalue weighted by Gasteiger charge is 2.37. The molecule has 0 spiro atoms. The maximum atomic E-state index is 12.9. The lowest BCUT2D eigenvalue weighted by atomic mass is 9.74. The van der Waals surface area contributed by atoms with E-state index in [-0.39, 0.29) is 17.5 Å². The number of hydrogen-bond donors (Lipinski definition) is 3. The number of nitrogens with one attached hydrogen (secondary N) is 2. The molecule has 0 aliphatic carbocycles. The normalized spacial score (nSPS) is 15.2. The third kappa shape index (κ3) is 5.31. The second-order valence-electron chi connectivity index (χ2n) is 8.50. The van der Waals surface area contributed by atoms with Crippen LogP contribution in [-0.2, 0) is 10.2 Å². The Morgan fingerprint density at radius 3 is 2.71 bits per heavy atom. The quantitative estimate of drug-likeness (QED) is 0.455. The number of aromatic nitrogens is 3. The predicted molar refractivity (Wildman–Crippen MR) is 130 cm³/mol. The van der Waals surface area contributed by atoms with Crippen LogP contribution >= 0.6 is 0 Å². The number of rotatable bonds is 8. The van der Waals surface area contributed by atoms with Gasteiger partial charge in [-0.05, 0) is 61.8 Å². The van der Waals surface area contributed by atoms with Gasteiger partial charge in [-0.2, -0.15) is 10.4 Å². The number of primary amides is 1. The van der Waals surface area contributed by atoms with Crippen LogP contribution < -0.4 is 15.8 Å². The summed E-state index contributed by atoms with van der Waals surface area (Å²) >= 11 is 0. The maximum Gasteiger partial charge on any atom is 0.274 e. The van der Waals surface area contributed by atoms with Crippen molar-refractivity contribution < 1.29 is 14.3 Å². The zero-order chi connectivity index (χ0) is 24.8. The number of nitrogens with two attached hydrogens (primary N) is 1. The van der Waals surface area contributed by atoms with Crippen molar-refractivity contribution in [1.29, 1.82) is 5.26 Å². The molecule has 3 aromatic rings. The van der Waals surface area contributed by atoms with Gasteiger partial charge >= 0.3 is 0 Å². The summed E-state index contributed by atoms with van der Waals surface area (Å²) in [5.41, 5.74) is 7.48. The molecule has 1 saturated heterocycles. The van der Waals surface area contributed by atoms with Gasteiger partial charge in [0.25, 0.3) is 5.91 Å². The average Bonchev–Trinajstić information content (AvgIpc) is 3.43. The van der Waals surface area contributed by atoms with Crippen LogP contribution in [0.2, 0.25) is 0 Å². The fourth-order valence-corrected chi connectivity index (χ4v) is 4.28. The second kappa shape index (κ2) is 10.4. The molecule has 1 fully saturated rings. The van der Waals surface area contributed by atoms with Crippen molar-refractivity contribution in [2.24, 2.45) is 5.73 Å². The minimum absolute atomic E-state index is 0.250. The lowest BCUT2D eigenvalue weighted by Gasteiger charge is -2.37. The van der Waals surface area contributed by atoms with Gasteiger partial charge in [-0.25, -0.2) is 4.98 Å². The zero-order valence-electron chi connectivity index (χ0n) is 19.5. The molecule has 1 aliphatic rings. The lowest BCUT2D eigenvalue weighted by Crippen LogP contribution is -2.42. The predicted octanol–water partition coefficient (Wildman–Crippen LogP) is 2.47. The van der Waals surface area contributed by atoms with Crippen LogP contribution in [0.15, 0.2) is 48.7 Å². The molecule has 180 valence electrons. The highest BCUT2D eigenvalue weighted by Crippen LogP contribution is 2.38. The summed E-state index contributed by atoms with van der Waals surface area (Å²) in [4.78, 5) is 30.6. The van der Waals surface area contributed by atoms with E-state index in [0.717, 1.165) is 5.56 Å². The van der Waals surface area contributed by atoms with Crippen molar-refractivity contribution in [2.45, 2.75) is 24.7 Å². The number of anilines is 1. The molecule has 1 aromatic carbocycles. The fraction of sp³-hybridized carbons (Fsp3) is 0.320. The minimum Gasteiger partial charge on any atom is -0.495 e. The third-order valence-corrected chi connectivity index (χ3v) is 6.36. The van der Waals surface area contributed by atoms with Crippen molar-refractivity contribution in [3.63, 3.8) is 0 Å². The number of likely N-dealkylation sites (tertiary alicyclic amines) is 1. The van der Waals surface area contributed by atoms with E-state index in [2.05, 4.69) is 31.5 Å². The Morgan fingerprint density at radius 2 is 2.06 bits per heavy atom. The number of nitriles is 1. The monoisotopic (exact) mass is 473 g/mol. The number of carbonyl (C=O) groups excluding carboxylic acids is 2. The lowest BCUT2D eigenvalue weighted by molar-refractivity contribution is -0.118. The Hall–Kier alpha value is -4.23. The summed E-state index contributed by atoms with van der Waals surface area (Å²) < 4.78 is 5.55. The molecule has 0 atom stereocenters. The van der Waals surface area contributed by atoms with Gasteiger partial charge in [0.2, 0.25) is 5.91 Å². The highest BCUT2D eigenvalue weighted by atomic mass is 16.5. The van der Waals surface area contributed by atoms with Crippen molar-refractivity contribution in [1.82, 2.24) is 20.1 Å². The second-order valence-corrected chi connectivity index (χ2v) is 8.50. The van der Waals surface area contributed by atoms with Gasteiger partial charge in [0.1, 0.15) is 11.4 Å². The van der Waals surface area contributed by atoms with Crippen LogP contribution in [0.4, 0.5) is 5.69 Å². The van der Waals surface area contributed by atoms with Crippen LogP contribution in [0.5, 0.6) is 5.75 Å². The summed E-state index contributed by atoms with van der Waals surface area (Å²) in [6.07, 6.45) is 3.18. The number of hydrogen-bond acceptors (Lipinski definition) is 7. The smallest absolute Gasteiger partial charge is 0.274 e. The van der Waals surface area contributed by atoms with Gasteiger partial charge in [0.05, 0.1) is 35.7 Å². The van der Waals surface area contributed by atoms with Crippen LogP contribution in [0, 0.1) is 11.3 Å². The van der Waals surface area contributed by atoms with Crippen molar-refractivity contribution >= 4 is 17.5 Å². The number of ether oxygens (including phenoxy) is 1. The first-order valence-corrected chi connectivity index (χ1v) is 11.3. The third-order valence-electron chi connectivity index (χ3n) is 6.36. The number of nitrogens with zero attached hydrogens (tertiary/aromatic N) is 4. The number of amides is 2.